The zero-order valence-electron chi connectivity index (χ0n) is 18.4. The predicted octanol–water partition coefficient (Wildman–Crippen LogP) is 7.21. The third kappa shape index (κ3) is 18.2. The van der Waals surface area contributed by atoms with Crippen LogP contribution in [0.25, 0.3) is 0 Å². The van der Waals surface area contributed by atoms with E-state index in [4.69, 9.17) is 4.74 Å². The predicted molar refractivity (Wildman–Crippen MR) is 112 cm³/mol. The molecule has 0 saturated carbocycles. The van der Waals surface area contributed by atoms with Gasteiger partial charge in [-0.3, -0.25) is 4.79 Å². The van der Waals surface area contributed by atoms with Crippen LogP contribution >= 0.6 is 0 Å². The van der Waals surface area contributed by atoms with Gasteiger partial charge in [0.1, 0.15) is 0 Å². The van der Waals surface area contributed by atoms with Crippen LogP contribution in [0.15, 0.2) is 0 Å². The van der Waals surface area contributed by atoms with Crippen molar-refractivity contribution in [2.24, 2.45) is 0 Å². The van der Waals surface area contributed by atoms with Gasteiger partial charge in [0.25, 0.3) is 0 Å². The zero-order valence-corrected chi connectivity index (χ0v) is 18.4. The number of carbonyl (C=O) groups excluding carboxylic acids is 1. The largest absolute Gasteiger partial charge is 0.469 e. The van der Waals surface area contributed by atoms with Gasteiger partial charge in [-0.1, -0.05) is 77.6 Å². The van der Waals surface area contributed by atoms with E-state index in [2.05, 4.69) is 32.4 Å². The van der Waals surface area contributed by atoms with Crippen LogP contribution in [-0.2, 0) is 14.3 Å². The fourth-order valence-electron chi connectivity index (χ4n) is 3.37. The first-order chi connectivity index (χ1) is 12.4. The normalized spacial score (nSPS) is 13.0. The molecule has 0 fully saturated rings. The molecule has 0 aromatic carbocycles. The molecule has 0 bridgehead atoms. The third-order valence-electron chi connectivity index (χ3n) is 4.78. The Morgan fingerprint density at radius 1 is 0.769 bits per heavy atom. The lowest BCUT2D eigenvalue weighted by Crippen LogP contribution is -2.27. The molecule has 0 aromatic heterocycles. The van der Waals surface area contributed by atoms with Gasteiger partial charge in [-0.05, 0) is 40.0 Å². The van der Waals surface area contributed by atoms with Gasteiger partial charge in [0.05, 0.1) is 18.8 Å². The van der Waals surface area contributed by atoms with Gasteiger partial charge in [-0.25, -0.2) is 0 Å². The molecule has 3 nitrogen and oxygen atoms in total. The molecular weight excluding hydrogens is 324 g/mol. The molecular formula is C23H46O3. The summed E-state index contributed by atoms with van der Waals surface area (Å²) in [5.74, 6) is -0.0849. The van der Waals surface area contributed by atoms with Crippen molar-refractivity contribution < 1.29 is 14.3 Å². The first-order valence-corrected chi connectivity index (χ1v) is 11.1. The van der Waals surface area contributed by atoms with Crippen molar-refractivity contribution in [3.05, 3.63) is 0 Å². The number of esters is 1. The van der Waals surface area contributed by atoms with Crippen LogP contribution in [0.3, 0.4) is 0 Å². The van der Waals surface area contributed by atoms with Crippen LogP contribution in [0.2, 0.25) is 0 Å². The summed E-state index contributed by atoms with van der Waals surface area (Å²) in [5, 5.41) is 0. The van der Waals surface area contributed by atoms with E-state index in [1.807, 2.05) is 0 Å². The van der Waals surface area contributed by atoms with Crippen molar-refractivity contribution in [3.8, 4) is 0 Å². The van der Waals surface area contributed by atoms with Crippen molar-refractivity contribution in [2.75, 3.05) is 7.11 Å². The number of carbonyl (C=O) groups is 1. The summed E-state index contributed by atoms with van der Waals surface area (Å²) >= 11 is 0. The molecule has 0 spiro atoms. The molecule has 0 rings (SSSR count). The Bertz CT molecular complexity index is 320. The van der Waals surface area contributed by atoms with Crippen LogP contribution in [0.5, 0.6) is 0 Å². The Morgan fingerprint density at radius 2 is 1.23 bits per heavy atom. The second-order valence-corrected chi connectivity index (χ2v) is 8.64. The van der Waals surface area contributed by atoms with Gasteiger partial charge in [0, 0.05) is 6.42 Å². The zero-order chi connectivity index (χ0) is 19.7. The SMILES string of the molecule is CCCCCCCCCC(CCCCCCCC(=O)OC)OC(C)(C)C. The Labute approximate surface area is 163 Å². The number of rotatable bonds is 17. The fraction of sp³-hybridized carbons (Fsp3) is 0.957. The van der Waals surface area contributed by atoms with E-state index in [0.717, 1.165) is 12.8 Å². The van der Waals surface area contributed by atoms with Gasteiger partial charge in [0.2, 0.25) is 0 Å². The van der Waals surface area contributed by atoms with Crippen LogP contribution in [-0.4, -0.2) is 24.8 Å². The van der Waals surface area contributed by atoms with Crippen LogP contribution in [0, 0.1) is 0 Å². The molecule has 1 unspecified atom stereocenters. The number of hydrogen-bond donors (Lipinski definition) is 0. The number of hydrogen-bond acceptors (Lipinski definition) is 3. The maximum atomic E-state index is 11.1. The lowest BCUT2D eigenvalue weighted by molar-refractivity contribution is -0.140. The maximum absolute atomic E-state index is 11.1. The van der Waals surface area contributed by atoms with E-state index >= 15 is 0 Å². The fourth-order valence-corrected chi connectivity index (χ4v) is 3.37. The van der Waals surface area contributed by atoms with Gasteiger partial charge in [-0.15, -0.1) is 0 Å². The highest BCUT2D eigenvalue weighted by molar-refractivity contribution is 5.68. The molecule has 1 atom stereocenters. The van der Waals surface area contributed by atoms with Gasteiger partial charge in [0.15, 0.2) is 0 Å². The first kappa shape index (κ1) is 25.4. The molecule has 0 amide bonds. The second kappa shape index (κ2) is 16.6. The molecule has 0 aliphatic rings. The average molecular weight is 371 g/mol. The molecule has 0 aliphatic carbocycles. The highest BCUT2D eigenvalue weighted by atomic mass is 16.5. The summed E-state index contributed by atoms with van der Waals surface area (Å²) in [7, 11) is 1.46. The van der Waals surface area contributed by atoms with Gasteiger partial charge >= 0.3 is 5.97 Å². The lowest BCUT2D eigenvalue weighted by Gasteiger charge is -2.28. The van der Waals surface area contributed by atoms with Crippen molar-refractivity contribution in [1.29, 1.82) is 0 Å². The number of methoxy groups -OCH3 is 1. The molecule has 3 heteroatoms. The lowest BCUT2D eigenvalue weighted by atomic mass is 10.0. The Hall–Kier alpha value is -0.570. The minimum absolute atomic E-state index is 0.0493. The quantitative estimate of drug-likeness (QED) is 0.200. The number of unbranched alkanes of at least 4 members (excludes halogenated alkanes) is 10. The Kier molecular flexibility index (Phi) is 16.2. The molecule has 0 saturated heterocycles. The molecule has 0 heterocycles. The van der Waals surface area contributed by atoms with E-state index in [1.54, 1.807) is 0 Å². The van der Waals surface area contributed by atoms with E-state index in [9.17, 15) is 4.79 Å². The van der Waals surface area contributed by atoms with Gasteiger partial charge in [-0.2, -0.15) is 0 Å². The first-order valence-electron chi connectivity index (χ1n) is 11.1. The van der Waals surface area contributed by atoms with Crippen LogP contribution in [0.4, 0.5) is 0 Å². The smallest absolute Gasteiger partial charge is 0.305 e. The van der Waals surface area contributed by atoms with Crippen molar-refractivity contribution >= 4 is 5.97 Å². The highest BCUT2D eigenvalue weighted by Crippen LogP contribution is 2.21. The minimum atomic E-state index is -0.0849. The van der Waals surface area contributed by atoms with E-state index in [-0.39, 0.29) is 11.6 Å². The van der Waals surface area contributed by atoms with E-state index < -0.39 is 0 Å². The van der Waals surface area contributed by atoms with Crippen molar-refractivity contribution in [1.82, 2.24) is 0 Å². The summed E-state index contributed by atoms with van der Waals surface area (Å²) in [6, 6.07) is 0. The van der Waals surface area contributed by atoms with E-state index in [1.165, 1.54) is 84.2 Å². The monoisotopic (exact) mass is 370 g/mol. The van der Waals surface area contributed by atoms with Crippen molar-refractivity contribution in [2.45, 2.75) is 136 Å². The molecule has 0 radical (unpaired) electrons. The summed E-state index contributed by atoms with van der Waals surface area (Å²) < 4.78 is 11.0. The summed E-state index contributed by atoms with van der Waals surface area (Å²) in [5.41, 5.74) is -0.0493. The third-order valence-corrected chi connectivity index (χ3v) is 4.78. The summed E-state index contributed by atoms with van der Waals surface area (Å²) in [6.45, 7) is 8.76. The average Bonchev–Trinajstić information content (AvgIpc) is 2.58. The Morgan fingerprint density at radius 3 is 1.69 bits per heavy atom. The van der Waals surface area contributed by atoms with Gasteiger partial charge < -0.3 is 9.47 Å². The molecule has 0 aliphatic heterocycles. The van der Waals surface area contributed by atoms with Crippen molar-refractivity contribution in [3.63, 3.8) is 0 Å². The summed E-state index contributed by atoms with van der Waals surface area (Å²) in [6.07, 6.45) is 18.6. The van der Waals surface area contributed by atoms with Crippen LogP contribution < -0.4 is 0 Å². The van der Waals surface area contributed by atoms with E-state index in [0.29, 0.717) is 12.5 Å². The van der Waals surface area contributed by atoms with Crippen LogP contribution in [0.1, 0.15) is 124 Å². The topological polar surface area (TPSA) is 35.5 Å². The standard InChI is InChI=1S/C23H46O3/c1-6-7-8-9-10-12-15-18-21(26-23(2,3)4)19-16-13-11-14-17-20-22(24)25-5/h21H,6-20H2,1-5H3. The molecule has 26 heavy (non-hydrogen) atoms. The molecule has 0 N–H and O–H groups in total. The molecule has 156 valence electrons. The summed E-state index contributed by atoms with van der Waals surface area (Å²) in [4.78, 5) is 11.1. The minimum Gasteiger partial charge on any atom is -0.469 e. The second-order valence-electron chi connectivity index (χ2n) is 8.64. The maximum Gasteiger partial charge on any atom is 0.305 e. The highest BCUT2D eigenvalue weighted by Gasteiger charge is 2.18. The Balaban J connectivity index is 3.81. The molecule has 0 aromatic rings. The number of ether oxygens (including phenoxy) is 2.